The van der Waals surface area contributed by atoms with Crippen molar-refractivity contribution in [2.24, 2.45) is 0 Å². The van der Waals surface area contributed by atoms with Crippen LogP contribution >= 0.6 is 0 Å². The van der Waals surface area contributed by atoms with E-state index in [1.54, 1.807) is 0 Å². The number of nitrogens with zero attached hydrogens (tertiary/aromatic N) is 8. The Morgan fingerprint density at radius 2 is 0.464 bits per heavy atom. The van der Waals surface area contributed by atoms with Gasteiger partial charge in [0.25, 0.3) is 0 Å². The van der Waals surface area contributed by atoms with Gasteiger partial charge in [-0.25, -0.2) is 0 Å². The molecule has 84 heavy (non-hydrogen) atoms. The highest BCUT2D eigenvalue weighted by Crippen LogP contribution is 2.40. The van der Waals surface area contributed by atoms with Gasteiger partial charge < -0.3 is 18.3 Å². The summed E-state index contributed by atoms with van der Waals surface area (Å²) < 4.78 is 8.99. The second-order valence-corrected chi connectivity index (χ2v) is 21.0. The lowest BCUT2D eigenvalue weighted by Crippen LogP contribution is -1.94. The molecule has 8 heteroatoms. The lowest BCUT2D eigenvalue weighted by Gasteiger charge is -2.10. The molecular formula is C76H44N8. The van der Waals surface area contributed by atoms with E-state index in [1.807, 2.05) is 84.9 Å². The van der Waals surface area contributed by atoms with Gasteiger partial charge in [-0.15, -0.1) is 0 Å². The van der Waals surface area contributed by atoms with Crippen molar-refractivity contribution in [3.05, 3.63) is 289 Å². The molecule has 0 fully saturated rings. The first kappa shape index (κ1) is 48.9. The molecule has 0 bridgehead atoms. The predicted octanol–water partition coefficient (Wildman–Crippen LogP) is 18.6. The van der Waals surface area contributed by atoms with Crippen LogP contribution in [0.25, 0.3) is 132 Å². The number of hydrogen-bond acceptors (Lipinski definition) is 4. The van der Waals surface area contributed by atoms with Crippen LogP contribution in [0.2, 0.25) is 0 Å². The fourth-order valence-electron chi connectivity index (χ4n) is 12.5. The van der Waals surface area contributed by atoms with Crippen LogP contribution in [0.1, 0.15) is 22.3 Å². The maximum atomic E-state index is 9.64. The van der Waals surface area contributed by atoms with E-state index in [-0.39, 0.29) is 0 Å². The molecule has 16 rings (SSSR count). The second kappa shape index (κ2) is 19.9. The van der Waals surface area contributed by atoms with Crippen molar-refractivity contribution < 1.29 is 0 Å². The zero-order valence-electron chi connectivity index (χ0n) is 45.0. The molecule has 0 atom stereocenters. The lowest BCUT2D eigenvalue weighted by molar-refractivity contribution is 1.18. The van der Waals surface area contributed by atoms with Crippen molar-refractivity contribution in [2.45, 2.75) is 0 Å². The average Bonchev–Trinajstić information content (AvgIpc) is 2.78. The zero-order chi connectivity index (χ0) is 56.4. The highest BCUT2D eigenvalue weighted by atomic mass is 15.0. The van der Waals surface area contributed by atoms with Crippen molar-refractivity contribution in [3.8, 4) is 69.3 Å². The molecule has 0 radical (unpaired) electrons. The van der Waals surface area contributed by atoms with Gasteiger partial charge in [0.15, 0.2) is 0 Å². The number of rotatable bonds is 6. The topological polar surface area (TPSA) is 115 Å². The lowest BCUT2D eigenvalue weighted by atomic mass is 10.0. The number of aromatic nitrogens is 4. The van der Waals surface area contributed by atoms with Crippen LogP contribution in [0.4, 0.5) is 0 Å². The van der Waals surface area contributed by atoms with Crippen LogP contribution < -0.4 is 0 Å². The second-order valence-electron chi connectivity index (χ2n) is 21.0. The molecule has 0 N–H and O–H groups in total. The summed E-state index contributed by atoms with van der Waals surface area (Å²) >= 11 is 0. The van der Waals surface area contributed by atoms with Gasteiger partial charge in [-0.05, 0) is 168 Å². The fraction of sp³-hybridized carbons (Fsp3) is 0. The minimum Gasteiger partial charge on any atom is -0.309 e. The fourth-order valence-corrected chi connectivity index (χ4v) is 12.5. The molecule has 4 heterocycles. The van der Waals surface area contributed by atoms with E-state index in [1.165, 1.54) is 32.6 Å². The number of benzene rings is 12. The van der Waals surface area contributed by atoms with Gasteiger partial charge in [-0.2, -0.15) is 21.0 Å². The van der Waals surface area contributed by atoms with Gasteiger partial charge in [0.05, 0.1) is 90.7 Å². The van der Waals surface area contributed by atoms with Crippen molar-refractivity contribution in [3.63, 3.8) is 0 Å². The Hall–Kier alpha value is -12.2. The quantitative estimate of drug-likeness (QED) is 0.165. The minimum absolute atomic E-state index is 0.608. The Morgan fingerprint density at radius 1 is 0.190 bits per heavy atom. The van der Waals surface area contributed by atoms with Crippen molar-refractivity contribution in [1.29, 1.82) is 21.0 Å². The van der Waals surface area contributed by atoms with Crippen LogP contribution in [0.3, 0.4) is 0 Å². The number of fused-ring (bicyclic) bond motifs is 12. The largest absolute Gasteiger partial charge is 0.309 e. The SMILES string of the molecule is N#Cc1cccc(-n2c3ccc(C#N)cc3c3cc(-c4ccc(-n5c6ccccc6c6ccccc65)cc4)ccc32)c1.N#Cc1cccc(-n2c3ccccc3c3cc(-c4ccc(-n5c6ccccc6c6cc(C#N)ccc65)cc4)ccc32)c1. The molecule has 0 aliphatic carbocycles. The van der Waals surface area contributed by atoms with E-state index in [4.69, 9.17) is 0 Å². The van der Waals surface area contributed by atoms with Gasteiger partial charge in [0, 0.05) is 65.8 Å². The van der Waals surface area contributed by atoms with E-state index >= 15 is 0 Å². The monoisotopic (exact) mass is 1070 g/mol. The molecule has 12 aromatic carbocycles. The van der Waals surface area contributed by atoms with E-state index in [0.29, 0.717) is 22.3 Å². The third-order valence-corrected chi connectivity index (χ3v) is 16.3. The Kier molecular flexibility index (Phi) is 11.6. The third kappa shape index (κ3) is 7.95. The molecule has 0 aliphatic rings. The molecule has 16 aromatic rings. The van der Waals surface area contributed by atoms with E-state index in [0.717, 1.165) is 99.6 Å². The van der Waals surface area contributed by atoms with Gasteiger partial charge >= 0.3 is 0 Å². The van der Waals surface area contributed by atoms with Gasteiger partial charge in [-0.1, -0.05) is 121 Å². The maximum Gasteiger partial charge on any atom is 0.0992 e. The van der Waals surface area contributed by atoms with Crippen LogP contribution in [-0.4, -0.2) is 18.3 Å². The summed E-state index contributed by atoms with van der Waals surface area (Å²) in [4.78, 5) is 0. The highest BCUT2D eigenvalue weighted by molar-refractivity contribution is 6.13. The molecule has 0 amide bonds. The first-order valence-corrected chi connectivity index (χ1v) is 27.6. The predicted molar refractivity (Wildman–Crippen MR) is 340 cm³/mol. The Bertz CT molecular complexity index is 5490. The van der Waals surface area contributed by atoms with Crippen molar-refractivity contribution in [2.75, 3.05) is 0 Å². The first-order valence-electron chi connectivity index (χ1n) is 27.6. The summed E-state index contributed by atoms with van der Waals surface area (Å²) in [6.45, 7) is 0. The summed E-state index contributed by atoms with van der Waals surface area (Å²) in [6.07, 6.45) is 0. The third-order valence-electron chi connectivity index (χ3n) is 16.3. The average molecular weight is 1070 g/mol. The van der Waals surface area contributed by atoms with Crippen molar-refractivity contribution >= 4 is 87.2 Å². The number of nitriles is 4. The number of para-hydroxylation sites is 4. The Morgan fingerprint density at radius 3 is 0.845 bits per heavy atom. The molecule has 4 aromatic heterocycles. The maximum absolute atomic E-state index is 9.64. The summed E-state index contributed by atoms with van der Waals surface area (Å²) in [5, 5.41) is 47.2. The smallest absolute Gasteiger partial charge is 0.0992 e. The summed E-state index contributed by atoms with van der Waals surface area (Å²) in [5.74, 6) is 0. The molecule has 0 unspecified atom stereocenters. The summed E-state index contributed by atoms with van der Waals surface area (Å²) in [6, 6.07) is 101. The minimum atomic E-state index is 0.608. The molecule has 0 saturated heterocycles. The van der Waals surface area contributed by atoms with Crippen LogP contribution in [0, 0.1) is 45.3 Å². The Balaban J connectivity index is 0.000000143. The molecule has 8 nitrogen and oxygen atoms in total. The van der Waals surface area contributed by atoms with Gasteiger partial charge in [0.2, 0.25) is 0 Å². The standard InChI is InChI=1S/2C38H22N4/c39-23-25-6-5-7-30(20-25)42-36-11-4-2-9-32(36)34-22-28(15-19-38(34)42)27-13-16-29(17-14-27)41-35-10-3-1-8-31(35)33-21-26(24-40)12-18-37(33)41;39-23-25-6-5-7-30(20-25)42-37-18-12-26(24-40)21-33(37)34-22-28(15-19-38(34)42)27-13-16-29(17-14-27)41-35-10-3-1-8-31(35)32-9-2-4-11-36(32)41/h2*1-22H. The van der Waals surface area contributed by atoms with E-state index < -0.39 is 0 Å². The normalized spacial score (nSPS) is 11.3. The summed E-state index contributed by atoms with van der Waals surface area (Å²) in [5.41, 5.74) is 19.9. The van der Waals surface area contributed by atoms with Crippen LogP contribution in [0.15, 0.2) is 267 Å². The highest BCUT2D eigenvalue weighted by Gasteiger charge is 2.19. The van der Waals surface area contributed by atoms with Crippen LogP contribution in [0.5, 0.6) is 0 Å². The Labute approximate surface area is 482 Å². The van der Waals surface area contributed by atoms with Crippen molar-refractivity contribution in [1.82, 2.24) is 18.3 Å². The first-order chi connectivity index (χ1) is 41.5. The molecule has 0 spiro atoms. The summed E-state index contributed by atoms with van der Waals surface area (Å²) in [7, 11) is 0. The van der Waals surface area contributed by atoms with E-state index in [2.05, 4.69) is 225 Å². The van der Waals surface area contributed by atoms with E-state index in [9.17, 15) is 21.0 Å². The molecule has 0 aliphatic heterocycles. The van der Waals surface area contributed by atoms with Gasteiger partial charge in [0.1, 0.15) is 0 Å². The zero-order valence-corrected chi connectivity index (χ0v) is 45.0. The molecule has 388 valence electrons. The van der Waals surface area contributed by atoms with Crippen LogP contribution in [-0.2, 0) is 0 Å². The molecule has 0 saturated carbocycles. The number of hydrogen-bond donors (Lipinski definition) is 0. The molecular weight excluding hydrogens is 1020 g/mol. The van der Waals surface area contributed by atoms with Gasteiger partial charge in [-0.3, -0.25) is 0 Å².